The van der Waals surface area contributed by atoms with Crippen molar-refractivity contribution in [3.05, 3.63) is 42.6 Å². The monoisotopic (exact) mass is 274 g/mol. The lowest BCUT2D eigenvalue weighted by molar-refractivity contribution is 0.0509. The van der Waals surface area contributed by atoms with E-state index in [0.29, 0.717) is 0 Å². The summed E-state index contributed by atoms with van der Waals surface area (Å²) in [5, 5.41) is 2.90. The molecule has 0 bridgehead atoms. The van der Waals surface area contributed by atoms with E-state index in [1.165, 1.54) is 0 Å². The number of hydrogen-bond donors (Lipinski definition) is 1. The van der Waals surface area contributed by atoms with E-state index >= 15 is 0 Å². The molecule has 1 atom stereocenters. The van der Waals surface area contributed by atoms with Crippen molar-refractivity contribution in [2.75, 3.05) is 11.4 Å². The van der Waals surface area contributed by atoms with Crippen LogP contribution in [0.25, 0.3) is 0 Å². The van der Waals surface area contributed by atoms with Gasteiger partial charge in [0, 0.05) is 24.4 Å². The van der Waals surface area contributed by atoms with Crippen molar-refractivity contribution >= 4 is 11.8 Å². The third kappa shape index (κ3) is 3.76. The molecule has 1 aliphatic heterocycles. The first-order valence-corrected chi connectivity index (χ1v) is 6.85. The second-order valence-corrected chi connectivity index (χ2v) is 6.06. The third-order valence-corrected chi connectivity index (χ3v) is 3.06. The second-order valence-electron chi connectivity index (χ2n) is 6.06. The van der Waals surface area contributed by atoms with Crippen LogP contribution < -0.4 is 10.2 Å². The Bertz CT molecular complexity index is 491. The molecule has 4 heteroatoms. The molecule has 0 radical (unpaired) electrons. The van der Waals surface area contributed by atoms with Gasteiger partial charge in [-0.25, -0.2) is 4.79 Å². The number of hydrogen-bond acceptors (Lipinski definition) is 3. The molecular formula is C16H22N2O2. The van der Waals surface area contributed by atoms with Crippen molar-refractivity contribution in [3.63, 3.8) is 0 Å². The lowest BCUT2D eigenvalue weighted by Crippen LogP contribution is -2.40. The number of para-hydroxylation sites is 1. The van der Waals surface area contributed by atoms with Crippen LogP contribution in [-0.4, -0.2) is 24.3 Å². The van der Waals surface area contributed by atoms with E-state index in [9.17, 15) is 4.79 Å². The largest absolute Gasteiger partial charge is 0.444 e. The van der Waals surface area contributed by atoms with Crippen molar-refractivity contribution < 1.29 is 9.53 Å². The Morgan fingerprint density at radius 2 is 2.00 bits per heavy atom. The highest BCUT2D eigenvalue weighted by atomic mass is 16.6. The van der Waals surface area contributed by atoms with E-state index in [2.05, 4.69) is 16.8 Å². The Labute approximate surface area is 120 Å². The Balaban J connectivity index is 1.94. The smallest absolute Gasteiger partial charge is 0.407 e. The van der Waals surface area contributed by atoms with Crippen LogP contribution in [0.5, 0.6) is 0 Å². The van der Waals surface area contributed by atoms with Crippen molar-refractivity contribution in [1.82, 2.24) is 5.32 Å². The molecule has 108 valence electrons. The Kier molecular flexibility index (Phi) is 4.02. The summed E-state index contributed by atoms with van der Waals surface area (Å²) >= 11 is 0. The van der Waals surface area contributed by atoms with Gasteiger partial charge in [0.2, 0.25) is 0 Å². The molecule has 1 unspecified atom stereocenters. The number of alkyl carbamates (subject to hydrolysis) is 1. The van der Waals surface area contributed by atoms with Crippen molar-refractivity contribution in [3.8, 4) is 0 Å². The van der Waals surface area contributed by atoms with Crippen LogP contribution in [0.4, 0.5) is 10.5 Å². The van der Waals surface area contributed by atoms with Gasteiger partial charge in [-0.3, -0.25) is 0 Å². The zero-order chi connectivity index (χ0) is 14.8. The van der Waals surface area contributed by atoms with Crippen LogP contribution in [0, 0.1) is 0 Å². The van der Waals surface area contributed by atoms with E-state index in [1.807, 2.05) is 51.1 Å². The molecule has 4 nitrogen and oxygen atoms in total. The summed E-state index contributed by atoms with van der Waals surface area (Å²) < 4.78 is 5.28. The number of carbonyl (C=O) groups excluding carboxylic acids is 1. The minimum absolute atomic E-state index is 0.0394. The second kappa shape index (κ2) is 5.57. The quantitative estimate of drug-likeness (QED) is 0.899. The van der Waals surface area contributed by atoms with Crippen LogP contribution in [0.2, 0.25) is 0 Å². The molecule has 1 saturated heterocycles. The van der Waals surface area contributed by atoms with Gasteiger partial charge in [-0.1, -0.05) is 24.8 Å². The Hall–Kier alpha value is -1.97. The molecule has 20 heavy (non-hydrogen) atoms. The molecule has 1 aromatic carbocycles. The first-order chi connectivity index (χ1) is 9.35. The maximum atomic E-state index is 11.8. The number of ether oxygens (including phenoxy) is 1. The lowest BCUT2D eigenvalue weighted by atomic mass is 10.2. The highest BCUT2D eigenvalue weighted by Gasteiger charge is 2.28. The molecule has 0 spiro atoms. The van der Waals surface area contributed by atoms with Gasteiger partial charge in [0.05, 0.1) is 6.04 Å². The molecule has 1 amide bonds. The van der Waals surface area contributed by atoms with Gasteiger partial charge in [0.25, 0.3) is 0 Å². The summed E-state index contributed by atoms with van der Waals surface area (Å²) in [4.78, 5) is 13.9. The minimum Gasteiger partial charge on any atom is -0.444 e. The number of nitrogens with one attached hydrogen (secondary N) is 1. The molecule has 1 heterocycles. The standard InChI is InChI=1S/C16H22N2O2/c1-12-10-13(17-15(19)20-16(2,3)4)11-18(12)14-8-6-5-7-9-14/h5-9,13H,1,10-11H2,2-4H3,(H,17,19). The van der Waals surface area contributed by atoms with Crippen LogP contribution >= 0.6 is 0 Å². The number of amides is 1. The maximum Gasteiger partial charge on any atom is 0.407 e. The van der Waals surface area contributed by atoms with E-state index in [4.69, 9.17) is 4.74 Å². The molecular weight excluding hydrogens is 252 g/mol. The van der Waals surface area contributed by atoms with E-state index in [0.717, 1.165) is 24.4 Å². The van der Waals surface area contributed by atoms with E-state index in [1.54, 1.807) is 0 Å². The minimum atomic E-state index is -0.473. The van der Waals surface area contributed by atoms with Crippen LogP contribution in [0.15, 0.2) is 42.6 Å². The zero-order valence-corrected chi connectivity index (χ0v) is 12.3. The molecule has 0 aliphatic carbocycles. The number of nitrogens with zero attached hydrogens (tertiary/aromatic N) is 1. The fraction of sp³-hybridized carbons (Fsp3) is 0.438. The summed E-state index contributed by atoms with van der Waals surface area (Å²) in [5.74, 6) is 0. The maximum absolute atomic E-state index is 11.8. The first-order valence-electron chi connectivity index (χ1n) is 6.85. The third-order valence-electron chi connectivity index (χ3n) is 3.06. The SMILES string of the molecule is C=C1CC(NC(=O)OC(C)(C)C)CN1c1ccccc1. The summed E-state index contributed by atoms with van der Waals surface area (Å²) in [5.41, 5.74) is 1.64. The highest BCUT2D eigenvalue weighted by molar-refractivity contribution is 5.69. The predicted molar refractivity (Wildman–Crippen MR) is 80.7 cm³/mol. The zero-order valence-electron chi connectivity index (χ0n) is 12.3. The summed E-state index contributed by atoms with van der Waals surface area (Å²) in [7, 11) is 0. The van der Waals surface area contributed by atoms with Gasteiger partial charge < -0.3 is 15.0 Å². The van der Waals surface area contributed by atoms with Crippen LogP contribution in [-0.2, 0) is 4.74 Å². The van der Waals surface area contributed by atoms with Gasteiger partial charge in [0.1, 0.15) is 5.60 Å². The summed E-state index contributed by atoms with van der Waals surface area (Å²) in [6.07, 6.45) is 0.374. The first kappa shape index (κ1) is 14.4. The van der Waals surface area contributed by atoms with Gasteiger partial charge in [-0.05, 0) is 32.9 Å². The average molecular weight is 274 g/mol. The number of anilines is 1. The summed E-state index contributed by atoms with van der Waals surface area (Å²) in [6.45, 7) is 10.4. The fourth-order valence-corrected chi connectivity index (χ4v) is 2.28. The van der Waals surface area contributed by atoms with E-state index < -0.39 is 5.60 Å². The fourth-order valence-electron chi connectivity index (χ4n) is 2.28. The predicted octanol–water partition coefficient (Wildman–Crippen LogP) is 3.30. The molecule has 0 saturated carbocycles. The molecule has 1 aliphatic rings. The van der Waals surface area contributed by atoms with Gasteiger partial charge in [0.15, 0.2) is 0 Å². The van der Waals surface area contributed by atoms with Gasteiger partial charge in [-0.15, -0.1) is 0 Å². The average Bonchev–Trinajstić information content (AvgIpc) is 2.68. The van der Waals surface area contributed by atoms with E-state index in [-0.39, 0.29) is 12.1 Å². The number of carbonyl (C=O) groups is 1. The normalized spacial score (nSPS) is 19.1. The molecule has 1 fully saturated rings. The molecule has 2 rings (SSSR count). The lowest BCUT2D eigenvalue weighted by Gasteiger charge is -2.22. The highest BCUT2D eigenvalue weighted by Crippen LogP contribution is 2.27. The molecule has 1 N–H and O–H groups in total. The molecule has 1 aromatic rings. The van der Waals surface area contributed by atoms with Crippen molar-refractivity contribution in [1.29, 1.82) is 0 Å². The van der Waals surface area contributed by atoms with Gasteiger partial charge in [-0.2, -0.15) is 0 Å². The Morgan fingerprint density at radius 3 is 2.60 bits per heavy atom. The van der Waals surface area contributed by atoms with Crippen LogP contribution in [0.1, 0.15) is 27.2 Å². The van der Waals surface area contributed by atoms with Crippen LogP contribution in [0.3, 0.4) is 0 Å². The topological polar surface area (TPSA) is 41.6 Å². The number of benzene rings is 1. The Morgan fingerprint density at radius 1 is 1.35 bits per heavy atom. The van der Waals surface area contributed by atoms with Crippen molar-refractivity contribution in [2.45, 2.75) is 38.8 Å². The molecule has 0 aromatic heterocycles. The van der Waals surface area contributed by atoms with Gasteiger partial charge >= 0.3 is 6.09 Å². The number of rotatable bonds is 2. The summed E-state index contributed by atoms with van der Waals surface area (Å²) in [6, 6.07) is 10.1. The van der Waals surface area contributed by atoms with Crippen molar-refractivity contribution in [2.24, 2.45) is 0 Å².